The number of carboxylic acid groups (broad SMARTS) is 1. The highest BCUT2D eigenvalue weighted by molar-refractivity contribution is 7.85. The van der Waals surface area contributed by atoms with Crippen LogP contribution in [0.1, 0.15) is 44.0 Å². The van der Waals surface area contributed by atoms with Crippen molar-refractivity contribution in [3.05, 3.63) is 66.2 Å². The summed E-state index contributed by atoms with van der Waals surface area (Å²) in [5.74, 6) is -0.371. The van der Waals surface area contributed by atoms with Crippen molar-refractivity contribution >= 4 is 16.1 Å². The summed E-state index contributed by atoms with van der Waals surface area (Å²) in [6, 6.07) is 15.7. The smallest absolute Gasteiger partial charge is 0.335 e. The highest BCUT2D eigenvalue weighted by atomic mass is 32.2. The van der Waals surface area contributed by atoms with E-state index in [0.29, 0.717) is 17.9 Å². The van der Waals surface area contributed by atoms with Gasteiger partial charge in [0.05, 0.1) is 22.7 Å². The number of carbonyl (C=O) groups is 1. The summed E-state index contributed by atoms with van der Waals surface area (Å²) in [6.07, 6.45) is 0.567. The molecule has 2 aromatic rings. The summed E-state index contributed by atoms with van der Waals surface area (Å²) in [5.41, 5.74) is 0.331. The van der Waals surface area contributed by atoms with E-state index in [0.717, 1.165) is 6.42 Å². The van der Waals surface area contributed by atoms with Gasteiger partial charge in [0.25, 0.3) is 10.1 Å². The Morgan fingerprint density at radius 3 is 1.59 bits per heavy atom. The number of aromatic carboxylic acids is 1. The zero-order chi connectivity index (χ0) is 22.4. The molecule has 8 heteroatoms. The van der Waals surface area contributed by atoms with Gasteiger partial charge in [-0.3, -0.25) is 4.55 Å². The Bertz CT molecular complexity index is 778. The Morgan fingerprint density at radius 2 is 1.31 bits per heavy atom. The monoisotopic (exact) mass is 426 g/mol. The average molecular weight is 427 g/mol. The second-order valence-electron chi connectivity index (χ2n) is 6.83. The zero-order valence-corrected chi connectivity index (χ0v) is 17.7. The number of benzene rings is 2. The summed E-state index contributed by atoms with van der Waals surface area (Å²) in [5, 5.41) is 26.5. The topological polar surface area (TPSA) is 132 Å². The van der Waals surface area contributed by atoms with Crippen LogP contribution in [0.15, 0.2) is 65.6 Å². The van der Waals surface area contributed by atoms with E-state index in [1.54, 1.807) is 55.5 Å². The van der Waals surface area contributed by atoms with Crippen LogP contribution in [0.4, 0.5) is 0 Å². The first kappa shape index (κ1) is 26.7. The third kappa shape index (κ3) is 14.4. The van der Waals surface area contributed by atoms with Crippen molar-refractivity contribution in [3.63, 3.8) is 0 Å². The molecule has 7 nitrogen and oxygen atoms in total. The first-order valence-electron chi connectivity index (χ1n) is 9.10. The number of aliphatic hydroxyl groups excluding tert-OH is 2. The highest BCUT2D eigenvalue weighted by Crippen LogP contribution is 2.09. The van der Waals surface area contributed by atoms with E-state index < -0.39 is 16.1 Å². The zero-order valence-electron chi connectivity index (χ0n) is 16.8. The predicted octanol–water partition coefficient (Wildman–Crippen LogP) is 3.48. The van der Waals surface area contributed by atoms with Crippen LogP contribution in [0, 0.1) is 5.92 Å². The lowest BCUT2D eigenvalue weighted by atomic mass is 10.0. The summed E-state index contributed by atoms with van der Waals surface area (Å²) in [6.45, 7) is 5.82. The van der Waals surface area contributed by atoms with E-state index >= 15 is 0 Å². The number of rotatable bonds is 6. The van der Waals surface area contributed by atoms with Crippen LogP contribution in [0.25, 0.3) is 0 Å². The molecule has 0 saturated carbocycles. The van der Waals surface area contributed by atoms with Gasteiger partial charge in [0.15, 0.2) is 0 Å². The first-order valence-corrected chi connectivity index (χ1v) is 10.5. The van der Waals surface area contributed by atoms with Crippen LogP contribution < -0.4 is 0 Å². The number of hydrogen-bond donors (Lipinski definition) is 4. The van der Waals surface area contributed by atoms with Gasteiger partial charge in [-0.1, -0.05) is 50.2 Å². The van der Waals surface area contributed by atoms with Crippen molar-refractivity contribution in [2.45, 2.75) is 50.7 Å². The van der Waals surface area contributed by atoms with Crippen LogP contribution in [-0.4, -0.2) is 46.5 Å². The van der Waals surface area contributed by atoms with Crippen LogP contribution in [-0.2, 0) is 10.1 Å². The van der Waals surface area contributed by atoms with E-state index in [9.17, 15) is 18.3 Å². The third-order valence-corrected chi connectivity index (χ3v) is 4.29. The Kier molecular flexibility index (Phi) is 12.8. The standard InChI is InChI=1S/C8H18O2.C7H6O2.C6H6O3S/c1-6(2)4-8(10)5-7(3)9;8-7(9)6-4-2-1-3-5-6;7-10(8,9)6-4-2-1-3-5-6/h6-10H,4-5H2,1-3H3;1-5H,(H,8,9);1-5H,(H,7,8,9). The molecular formula is C21H30O7S. The molecule has 2 aromatic carbocycles. The number of hydrogen-bond acceptors (Lipinski definition) is 5. The van der Waals surface area contributed by atoms with Crippen molar-refractivity contribution in [2.24, 2.45) is 5.92 Å². The molecule has 0 bridgehead atoms. The molecule has 4 N–H and O–H groups in total. The van der Waals surface area contributed by atoms with Gasteiger partial charge in [-0.2, -0.15) is 8.42 Å². The van der Waals surface area contributed by atoms with Crippen LogP contribution >= 0.6 is 0 Å². The molecular weight excluding hydrogens is 396 g/mol. The van der Waals surface area contributed by atoms with E-state index in [4.69, 9.17) is 14.8 Å². The maximum atomic E-state index is 10.4. The molecule has 0 saturated heterocycles. The molecule has 0 radical (unpaired) electrons. The molecule has 2 atom stereocenters. The Morgan fingerprint density at radius 1 is 0.862 bits per heavy atom. The van der Waals surface area contributed by atoms with E-state index in [1.807, 2.05) is 0 Å². The summed E-state index contributed by atoms with van der Waals surface area (Å²) >= 11 is 0. The fraction of sp³-hybridized carbons (Fsp3) is 0.381. The summed E-state index contributed by atoms with van der Waals surface area (Å²) in [7, 11) is -4.00. The molecule has 0 heterocycles. The van der Waals surface area contributed by atoms with Crippen molar-refractivity contribution in [2.75, 3.05) is 0 Å². The lowest BCUT2D eigenvalue weighted by Gasteiger charge is -2.13. The van der Waals surface area contributed by atoms with Crippen molar-refractivity contribution in [3.8, 4) is 0 Å². The average Bonchev–Trinajstić information content (AvgIpc) is 2.62. The Balaban J connectivity index is 0.000000406. The van der Waals surface area contributed by atoms with Crippen molar-refractivity contribution in [1.29, 1.82) is 0 Å². The SMILES string of the molecule is CC(C)CC(O)CC(C)O.O=C(O)c1ccccc1.O=S(=O)(O)c1ccccc1. The Labute approximate surface area is 172 Å². The normalized spacial score (nSPS) is 12.7. The number of aliphatic hydroxyl groups is 2. The van der Waals surface area contributed by atoms with Gasteiger partial charge in [0, 0.05) is 0 Å². The minimum atomic E-state index is -4.00. The Hall–Kier alpha value is -2.26. The van der Waals surface area contributed by atoms with Crippen LogP contribution in [0.5, 0.6) is 0 Å². The molecule has 29 heavy (non-hydrogen) atoms. The first-order chi connectivity index (χ1) is 13.4. The fourth-order valence-corrected chi connectivity index (χ4v) is 2.71. The largest absolute Gasteiger partial charge is 0.478 e. The molecule has 0 aliphatic rings. The highest BCUT2D eigenvalue weighted by Gasteiger charge is 2.09. The fourth-order valence-electron chi connectivity index (χ4n) is 2.21. The summed E-state index contributed by atoms with van der Waals surface area (Å²) in [4.78, 5) is 10.1. The lowest BCUT2D eigenvalue weighted by Crippen LogP contribution is -2.16. The molecule has 2 unspecified atom stereocenters. The van der Waals surface area contributed by atoms with Crippen molar-refractivity contribution in [1.82, 2.24) is 0 Å². The van der Waals surface area contributed by atoms with Crippen molar-refractivity contribution < 1.29 is 33.1 Å². The quantitative estimate of drug-likeness (QED) is 0.520. The minimum absolute atomic E-state index is 0.0741. The maximum Gasteiger partial charge on any atom is 0.335 e. The van der Waals surface area contributed by atoms with Gasteiger partial charge in [0.2, 0.25) is 0 Å². The number of carboxylic acids is 1. The molecule has 0 aliphatic heterocycles. The molecule has 0 amide bonds. The molecule has 0 aliphatic carbocycles. The molecule has 0 spiro atoms. The van der Waals surface area contributed by atoms with Gasteiger partial charge in [-0.05, 0) is 49.9 Å². The second kappa shape index (κ2) is 13.8. The molecule has 2 rings (SSSR count). The van der Waals surface area contributed by atoms with E-state index in [1.165, 1.54) is 12.1 Å². The minimum Gasteiger partial charge on any atom is -0.478 e. The molecule has 162 valence electrons. The van der Waals surface area contributed by atoms with E-state index in [2.05, 4.69) is 13.8 Å². The predicted molar refractivity (Wildman–Crippen MR) is 111 cm³/mol. The van der Waals surface area contributed by atoms with Gasteiger partial charge < -0.3 is 15.3 Å². The maximum absolute atomic E-state index is 10.4. The molecule has 0 aromatic heterocycles. The van der Waals surface area contributed by atoms with Crippen LogP contribution in [0.2, 0.25) is 0 Å². The molecule has 0 fully saturated rings. The van der Waals surface area contributed by atoms with Gasteiger partial charge in [-0.25, -0.2) is 4.79 Å². The van der Waals surface area contributed by atoms with E-state index in [-0.39, 0.29) is 17.1 Å². The van der Waals surface area contributed by atoms with Gasteiger partial charge in [0.1, 0.15) is 0 Å². The summed E-state index contributed by atoms with van der Waals surface area (Å²) < 4.78 is 29.2. The van der Waals surface area contributed by atoms with Gasteiger partial charge in [-0.15, -0.1) is 0 Å². The second-order valence-corrected chi connectivity index (χ2v) is 8.25. The third-order valence-electron chi connectivity index (χ3n) is 3.42. The lowest BCUT2D eigenvalue weighted by molar-refractivity contribution is 0.0695. The van der Waals surface area contributed by atoms with Gasteiger partial charge >= 0.3 is 5.97 Å². The van der Waals surface area contributed by atoms with Crippen LogP contribution in [0.3, 0.4) is 0 Å².